The standard InChI is InChI=1S/C8H20N4/c1-4-5-8-6-7-12(10-9-8)11(2)3/h8-10H,4-7H2,1-3H3. The summed E-state index contributed by atoms with van der Waals surface area (Å²) < 4.78 is 0. The SMILES string of the molecule is CCCC1CCN(N(C)C)NN1. The third-order valence-corrected chi connectivity index (χ3v) is 2.21. The summed E-state index contributed by atoms with van der Waals surface area (Å²) in [4.78, 5) is 0. The molecule has 1 unspecified atom stereocenters. The largest absolute Gasteiger partial charge is 0.240 e. The van der Waals surface area contributed by atoms with Crippen molar-refractivity contribution in [3.63, 3.8) is 0 Å². The Morgan fingerprint density at radius 2 is 2.25 bits per heavy atom. The molecule has 72 valence electrons. The molecule has 0 amide bonds. The van der Waals surface area contributed by atoms with Gasteiger partial charge in [0, 0.05) is 26.7 Å². The molecule has 0 radical (unpaired) electrons. The Kier molecular flexibility index (Phi) is 3.94. The number of hydrogen-bond donors (Lipinski definition) is 2. The molecular weight excluding hydrogens is 152 g/mol. The lowest BCUT2D eigenvalue weighted by Crippen LogP contribution is -2.61. The lowest BCUT2D eigenvalue weighted by atomic mass is 10.1. The first kappa shape index (κ1) is 9.92. The molecule has 12 heavy (non-hydrogen) atoms. The lowest BCUT2D eigenvalue weighted by molar-refractivity contribution is -0.0748. The van der Waals surface area contributed by atoms with E-state index in [1.807, 2.05) is 14.1 Å². The van der Waals surface area contributed by atoms with Crippen LogP contribution in [0.25, 0.3) is 0 Å². The van der Waals surface area contributed by atoms with Gasteiger partial charge in [0.15, 0.2) is 0 Å². The van der Waals surface area contributed by atoms with Crippen LogP contribution in [0.15, 0.2) is 0 Å². The Labute approximate surface area is 74.8 Å². The number of hydrazine groups is 3. The van der Waals surface area contributed by atoms with Crippen LogP contribution in [0.4, 0.5) is 0 Å². The summed E-state index contributed by atoms with van der Waals surface area (Å²) >= 11 is 0. The Bertz CT molecular complexity index is 118. The van der Waals surface area contributed by atoms with Crippen molar-refractivity contribution >= 4 is 0 Å². The molecule has 0 aliphatic carbocycles. The second kappa shape index (κ2) is 4.77. The summed E-state index contributed by atoms with van der Waals surface area (Å²) in [7, 11) is 4.07. The Morgan fingerprint density at radius 1 is 1.50 bits per heavy atom. The summed E-state index contributed by atoms with van der Waals surface area (Å²) in [5.74, 6) is 0. The van der Waals surface area contributed by atoms with Crippen LogP contribution in [0.2, 0.25) is 0 Å². The van der Waals surface area contributed by atoms with Crippen molar-refractivity contribution in [1.82, 2.24) is 21.1 Å². The van der Waals surface area contributed by atoms with Crippen LogP contribution in [0.5, 0.6) is 0 Å². The quantitative estimate of drug-likeness (QED) is 0.643. The predicted molar refractivity (Wildman–Crippen MR) is 50.0 cm³/mol. The van der Waals surface area contributed by atoms with Gasteiger partial charge in [0.25, 0.3) is 0 Å². The van der Waals surface area contributed by atoms with Crippen LogP contribution in [0.1, 0.15) is 26.2 Å². The fraction of sp³-hybridized carbons (Fsp3) is 1.00. The number of nitrogens with one attached hydrogen (secondary N) is 2. The second-order valence-electron chi connectivity index (χ2n) is 3.50. The van der Waals surface area contributed by atoms with Gasteiger partial charge in [-0.2, -0.15) is 10.7 Å². The topological polar surface area (TPSA) is 30.5 Å². The van der Waals surface area contributed by atoms with Crippen LogP contribution < -0.4 is 11.0 Å². The highest BCUT2D eigenvalue weighted by atomic mass is 15.9. The van der Waals surface area contributed by atoms with Crippen LogP contribution >= 0.6 is 0 Å². The maximum Gasteiger partial charge on any atom is 0.0319 e. The minimum atomic E-state index is 0.645. The van der Waals surface area contributed by atoms with E-state index < -0.39 is 0 Å². The van der Waals surface area contributed by atoms with E-state index in [1.165, 1.54) is 19.3 Å². The molecule has 1 saturated heterocycles. The summed E-state index contributed by atoms with van der Waals surface area (Å²) in [6.45, 7) is 3.31. The van der Waals surface area contributed by atoms with E-state index in [9.17, 15) is 0 Å². The summed E-state index contributed by atoms with van der Waals surface area (Å²) in [5.41, 5.74) is 6.45. The molecule has 0 spiro atoms. The van der Waals surface area contributed by atoms with Gasteiger partial charge in [-0.05, 0) is 12.8 Å². The van der Waals surface area contributed by atoms with Crippen LogP contribution in [-0.2, 0) is 0 Å². The van der Waals surface area contributed by atoms with Crippen LogP contribution in [-0.4, -0.2) is 36.8 Å². The van der Waals surface area contributed by atoms with E-state index in [0.29, 0.717) is 6.04 Å². The van der Waals surface area contributed by atoms with Gasteiger partial charge in [0.05, 0.1) is 0 Å². The smallest absolute Gasteiger partial charge is 0.0319 e. The number of hydrogen-bond acceptors (Lipinski definition) is 4. The van der Waals surface area contributed by atoms with E-state index in [2.05, 4.69) is 28.0 Å². The molecule has 4 nitrogen and oxygen atoms in total. The third-order valence-electron chi connectivity index (χ3n) is 2.21. The maximum atomic E-state index is 3.29. The van der Waals surface area contributed by atoms with E-state index in [1.54, 1.807) is 0 Å². The minimum Gasteiger partial charge on any atom is -0.240 e. The van der Waals surface area contributed by atoms with Crippen LogP contribution in [0, 0.1) is 0 Å². The first-order chi connectivity index (χ1) is 5.74. The van der Waals surface area contributed by atoms with E-state index >= 15 is 0 Å². The molecule has 1 aliphatic rings. The summed E-state index contributed by atoms with van der Waals surface area (Å²) in [5, 5.41) is 4.13. The number of nitrogens with zero attached hydrogens (tertiary/aromatic N) is 2. The fourth-order valence-corrected chi connectivity index (χ4v) is 1.44. The van der Waals surface area contributed by atoms with Gasteiger partial charge in [-0.3, -0.25) is 0 Å². The van der Waals surface area contributed by atoms with Gasteiger partial charge in [-0.1, -0.05) is 13.3 Å². The van der Waals surface area contributed by atoms with E-state index in [4.69, 9.17) is 0 Å². The van der Waals surface area contributed by atoms with E-state index in [0.717, 1.165) is 6.54 Å². The Hall–Kier alpha value is -0.160. The zero-order valence-electron chi connectivity index (χ0n) is 8.30. The van der Waals surface area contributed by atoms with Crippen molar-refractivity contribution in [3.05, 3.63) is 0 Å². The predicted octanol–water partition coefficient (Wildman–Crippen LogP) is 0.347. The van der Waals surface area contributed by atoms with Crippen LogP contribution in [0.3, 0.4) is 0 Å². The Balaban J connectivity index is 2.20. The molecule has 1 aliphatic heterocycles. The van der Waals surface area contributed by atoms with Gasteiger partial charge in [0.2, 0.25) is 0 Å². The third kappa shape index (κ3) is 2.71. The zero-order valence-corrected chi connectivity index (χ0v) is 8.30. The maximum absolute atomic E-state index is 3.29. The van der Waals surface area contributed by atoms with Crippen molar-refractivity contribution in [2.24, 2.45) is 0 Å². The average Bonchev–Trinajstić information content (AvgIpc) is 2.06. The zero-order chi connectivity index (χ0) is 8.97. The molecule has 1 heterocycles. The van der Waals surface area contributed by atoms with Crippen molar-refractivity contribution in [3.8, 4) is 0 Å². The normalized spacial score (nSPS) is 26.5. The van der Waals surface area contributed by atoms with Gasteiger partial charge >= 0.3 is 0 Å². The molecule has 1 fully saturated rings. The summed E-state index contributed by atoms with van der Waals surface area (Å²) in [6.07, 6.45) is 3.73. The average molecular weight is 172 g/mol. The molecule has 0 aromatic carbocycles. The molecule has 1 atom stereocenters. The fourth-order valence-electron chi connectivity index (χ4n) is 1.44. The van der Waals surface area contributed by atoms with Gasteiger partial charge in [-0.15, -0.1) is 0 Å². The van der Waals surface area contributed by atoms with Crippen molar-refractivity contribution < 1.29 is 0 Å². The highest BCUT2D eigenvalue weighted by Crippen LogP contribution is 2.05. The highest BCUT2D eigenvalue weighted by Gasteiger charge is 2.17. The molecule has 4 heteroatoms. The van der Waals surface area contributed by atoms with Gasteiger partial charge in [-0.25, -0.2) is 10.4 Å². The number of rotatable bonds is 3. The molecular formula is C8H20N4. The Morgan fingerprint density at radius 3 is 2.67 bits per heavy atom. The van der Waals surface area contributed by atoms with Crippen molar-refractivity contribution in [1.29, 1.82) is 0 Å². The monoisotopic (exact) mass is 172 g/mol. The molecule has 0 aromatic heterocycles. The van der Waals surface area contributed by atoms with E-state index in [-0.39, 0.29) is 0 Å². The second-order valence-corrected chi connectivity index (χ2v) is 3.50. The summed E-state index contributed by atoms with van der Waals surface area (Å²) in [6, 6.07) is 0.645. The molecule has 1 rings (SSSR count). The first-order valence-electron chi connectivity index (χ1n) is 4.70. The molecule has 2 N–H and O–H groups in total. The van der Waals surface area contributed by atoms with Crippen molar-refractivity contribution in [2.75, 3.05) is 20.6 Å². The minimum absolute atomic E-state index is 0.645. The molecule has 0 bridgehead atoms. The molecule has 0 saturated carbocycles. The lowest BCUT2D eigenvalue weighted by Gasteiger charge is -2.36. The van der Waals surface area contributed by atoms with Gasteiger partial charge < -0.3 is 0 Å². The van der Waals surface area contributed by atoms with Crippen molar-refractivity contribution in [2.45, 2.75) is 32.2 Å². The highest BCUT2D eigenvalue weighted by molar-refractivity contribution is 4.68. The molecule has 0 aromatic rings. The first-order valence-corrected chi connectivity index (χ1v) is 4.70. The van der Waals surface area contributed by atoms with Gasteiger partial charge in [0.1, 0.15) is 0 Å².